The predicted octanol–water partition coefficient (Wildman–Crippen LogP) is 3.11. The Morgan fingerprint density at radius 1 is 0.939 bits per heavy atom. The van der Waals surface area contributed by atoms with E-state index in [1.165, 1.54) is 35.8 Å². The number of aromatic nitrogens is 4. The molecule has 1 N–H and O–H groups in total. The summed E-state index contributed by atoms with van der Waals surface area (Å²) >= 11 is 0. The van der Waals surface area contributed by atoms with E-state index >= 15 is 0 Å². The Bertz CT molecular complexity index is 1160. The van der Waals surface area contributed by atoms with Gasteiger partial charge in [-0.3, -0.25) is 19.2 Å². The van der Waals surface area contributed by atoms with Crippen LogP contribution in [0.15, 0.2) is 39.9 Å². The van der Waals surface area contributed by atoms with Gasteiger partial charge in [0.25, 0.3) is 5.56 Å². The molecule has 1 aromatic carbocycles. The first-order chi connectivity index (χ1) is 16.1. The highest BCUT2D eigenvalue weighted by atomic mass is 16.2. The van der Waals surface area contributed by atoms with E-state index in [1.807, 2.05) is 10.6 Å². The molecule has 2 aromatic heterocycles. The number of rotatable bonds is 10. The van der Waals surface area contributed by atoms with Crippen molar-refractivity contribution in [3.8, 4) is 0 Å². The van der Waals surface area contributed by atoms with Gasteiger partial charge in [-0.15, -0.1) is 0 Å². The van der Waals surface area contributed by atoms with Crippen molar-refractivity contribution < 1.29 is 0 Å². The third-order valence-corrected chi connectivity index (χ3v) is 6.63. The van der Waals surface area contributed by atoms with Gasteiger partial charge in [-0.2, -0.15) is 4.98 Å². The average Bonchev–Trinajstić information content (AvgIpc) is 3.21. The van der Waals surface area contributed by atoms with E-state index in [9.17, 15) is 9.59 Å². The highest BCUT2D eigenvalue weighted by molar-refractivity contribution is 5.74. The minimum absolute atomic E-state index is 0.347. The number of anilines is 1. The van der Waals surface area contributed by atoms with Gasteiger partial charge in [-0.05, 0) is 12.0 Å². The van der Waals surface area contributed by atoms with E-state index in [4.69, 9.17) is 4.98 Å². The minimum atomic E-state index is -0.420. The third-order valence-electron chi connectivity index (χ3n) is 6.63. The number of imidazole rings is 1. The lowest BCUT2D eigenvalue weighted by Crippen LogP contribution is -2.46. The van der Waals surface area contributed by atoms with Crippen LogP contribution in [0.3, 0.4) is 0 Å². The molecule has 8 heteroatoms. The quantitative estimate of drug-likeness (QED) is 0.478. The van der Waals surface area contributed by atoms with Crippen LogP contribution in [0.5, 0.6) is 0 Å². The topological polar surface area (TPSA) is 79.2 Å². The molecule has 1 aliphatic rings. The number of aromatic amines is 1. The number of H-pyrrole nitrogens is 1. The zero-order chi connectivity index (χ0) is 23.2. The van der Waals surface area contributed by atoms with Crippen molar-refractivity contribution in [2.24, 2.45) is 7.05 Å². The van der Waals surface area contributed by atoms with Crippen LogP contribution in [0.1, 0.15) is 51.0 Å². The summed E-state index contributed by atoms with van der Waals surface area (Å²) in [5.41, 5.74) is 1.53. The fourth-order valence-corrected chi connectivity index (χ4v) is 4.67. The van der Waals surface area contributed by atoms with Gasteiger partial charge in [-0.25, -0.2) is 4.79 Å². The van der Waals surface area contributed by atoms with Crippen molar-refractivity contribution in [1.29, 1.82) is 0 Å². The maximum Gasteiger partial charge on any atom is 0.329 e. The third kappa shape index (κ3) is 5.38. The molecule has 0 saturated carbocycles. The molecule has 8 nitrogen and oxygen atoms in total. The number of piperazine rings is 1. The van der Waals surface area contributed by atoms with E-state index in [1.54, 1.807) is 7.05 Å². The van der Waals surface area contributed by atoms with Gasteiger partial charge in [0.15, 0.2) is 11.2 Å². The molecular weight excluding hydrogens is 416 g/mol. The smallest absolute Gasteiger partial charge is 0.329 e. The Balaban J connectivity index is 1.52. The number of benzene rings is 1. The summed E-state index contributed by atoms with van der Waals surface area (Å²) in [5, 5.41) is 0. The molecule has 4 rings (SSSR count). The molecule has 3 heterocycles. The Kier molecular flexibility index (Phi) is 7.65. The molecule has 0 radical (unpaired) electrons. The molecule has 0 amide bonds. The Morgan fingerprint density at radius 2 is 1.64 bits per heavy atom. The molecule has 33 heavy (non-hydrogen) atoms. The number of unbranched alkanes of at least 4 members (excludes halogenated alkanes) is 5. The van der Waals surface area contributed by atoms with Crippen LogP contribution >= 0.6 is 0 Å². The molecule has 1 fully saturated rings. The monoisotopic (exact) mass is 452 g/mol. The summed E-state index contributed by atoms with van der Waals surface area (Å²) in [6.07, 6.45) is 7.10. The van der Waals surface area contributed by atoms with Crippen molar-refractivity contribution >= 4 is 17.1 Å². The minimum Gasteiger partial charge on any atom is -0.340 e. The second kappa shape index (κ2) is 10.8. The van der Waals surface area contributed by atoms with Crippen molar-refractivity contribution in [2.45, 2.75) is 58.5 Å². The summed E-state index contributed by atoms with van der Waals surface area (Å²) in [6.45, 7) is 7.46. The SMILES string of the molecule is CCCCCCCCn1c(N2CCN(Cc3ccccc3)CC2)nc2c1c(=O)[nH]c(=O)n2C. The molecule has 0 bridgehead atoms. The van der Waals surface area contributed by atoms with Gasteiger partial charge >= 0.3 is 5.69 Å². The van der Waals surface area contributed by atoms with E-state index in [-0.39, 0.29) is 5.56 Å². The van der Waals surface area contributed by atoms with Crippen molar-refractivity contribution in [3.05, 3.63) is 56.7 Å². The maximum absolute atomic E-state index is 12.7. The van der Waals surface area contributed by atoms with E-state index in [0.717, 1.165) is 58.1 Å². The number of nitrogens with zero attached hydrogens (tertiary/aromatic N) is 5. The average molecular weight is 453 g/mol. The van der Waals surface area contributed by atoms with Gasteiger partial charge in [0, 0.05) is 46.3 Å². The fraction of sp³-hybridized carbons (Fsp3) is 0.560. The molecule has 3 aromatic rings. The van der Waals surface area contributed by atoms with Gasteiger partial charge in [0.1, 0.15) is 0 Å². The second-order valence-corrected chi connectivity index (χ2v) is 9.07. The zero-order valence-corrected chi connectivity index (χ0v) is 19.9. The van der Waals surface area contributed by atoms with Crippen LogP contribution in [-0.4, -0.2) is 50.2 Å². The van der Waals surface area contributed by atoms with Gasteiger partial charge in [0.05, 0.1) is 0 Å². The highest BCUT2D eigenvalue weighted by Crippen LogP contribution is 2.22. The fourth-order valence-electron chi connectivity index (χ4n) is 4.67. The summed E-state index contributed by atoms with van der Waals surface area (Å²) in [4.78, 5) is 36.9. The number of aryl methyl sites for hydroxylation is 2. The van der Waals surface area contributed by atoms with E-state index < -0.39 is 5.69 Å². The molecule has 0 atom stereocenters. The summed E-state index contributed by atoms with van der Waals surface area (Å²) in [5.74, 6) is 0.810. The lowest BCUT2D eigenvalue weighted by molar-refractivity contribution is 0.248. The molecule has 1 aliphatic heterocycles. The van der Waals surface area contributed by atoms with Gasteiger partial charge < -0.3 is 9.47 Å². The maximum atomic E-state index is 12.7. The molecule has 0 spiro atoms. The molecule has 0 aliphatic carbocycles. The number of fused-ring (bicyclic) bond motifs is 1. The van der Waals surface area contributed by atoms with Gasteiger partial charge in [-0.1, -0.05) is 69.4 Å². The number of hydrogen-bond donors (Lipinski definition) is 1. The summed E-state index contributed by atoms with van der Waals surface area (Å²) in [7, 11) is 1.67. The first kappa shape index (κ1) is 23.3. The number of hydrogen-bond acceptors (Lipinski definition) is 5. The molecule has 1 saturated heterocycles. The Labute approximate surface area is 194 Å². The first-order valence-electron chi connectivity index (χ1n) is 12.3. The van der Waals surface area contributed by atoms with Gasteiger partial charge in [0.2, 0.25) is 5.95 Å². The van der Waals surface area contributed by atoms with Crippen molar-refractivity contribution in [2.75, 3.05) is 31.1 Å². The normalized spacial score (nSPS) is 14.9. The summed E-state index contributed by atoms with van der Waals surface area (Å²) < 4.78 is 3.49. The lowest BCUT2D eigenvalue weighted by atomic mass is 10.1. The predicted molar refractivity (Wildman–Crippen MR) is 133 cm³/mol. The first-order valence-corrected chi connectivity index (χ1v) is 12.3. The standard InChI is InChI=1S/C25H36N6O2/c1-3-4-5-6-7-11-14-31-21-22(28(2)25(33)27-23(21)32)26-24(31)30-17-15-29(16-18-30)19-20-12-9-8-10-13-20/h8-10,12-13H,3-7,11,14-19H2,1-2H3,(H,27,32,33). The highest BCUT2D eigenvalue weighted by Gasteiger charge is 2.24. The Hall–Kier alpha value is -2.87. The van der Waals surface area contributed by atoms with Crippen LogP contribution in [0.2, 0.25) is 0 Å². The van der Waals surface area contributed by atoms with Crippen LogP contribution < -0.4 is 16.1 Å². The van der Waals surface area contributed by atoms with Crippen LogP contribution in [0, 0.1) is 0 Å². The molecule has 0 unspecified atom stereocenters. The Morgan fingerprint density at radius 3 is 2.36 bits per heavy atom. The van der Waals surface area contributed by atoms with Crippen molar-refractivity contribution in [3.63, 3.8) is 0 Å². The largest absolute Gasteiger partial charge is 0.340 e. The lowest BCUT2D eigenvalue weighted by Gasteiger charge is -2.35. The van der Waals surface area contributed by atoms with Crippen molar-refractivity contribution in [1.82, 2.24) is 24.0 Å². The number of nitrogens with one attached hydrogen (secondary N) is 1. The van der Waals surface area contributed by atoms with Crippen LogP contribution in [0.25, 0.3) is 11.2 Å². The van der Waals surface area contributed by atoms with E-state index in [2.05, 4.69) is 46.0 Å². The van der Waals surface area contributed by atoms with E-state index in [0.29, 0.717) is 11.2 Å². The van der Waals surface area contributed by atoms with Crippen LogP contribution in [0.4, 0.5) is 5.95 Å². The summed E-state index contributed by atoms with van der Waals surface area (Å²) in [6, 6.07) is 10.5. The second-order valence-electron chi connectivity index (χ2n) is 9.07. The molecular formula is C25H36N6O2. The molecule has 178 valence electrons. The zero-order valence-electron chi connectivity index (χ0n) is 19.9. The van der Waals surface area contributed by atoms with Crippen LogP contribution in [-0.2, 0) is 20.1 Å².